The van der Waals surface area contributed by atoms with Gasteiger partial charge in [-0.3, -0.25) is 4.79 Å². The summed E-state index contributed by atoms with van der Waals surface area (Å²) in [6.07, 6.45) is 0.863. The maximum Gasteiger partial charge on any atom is 0.236 e. The molecule has 0 unspecified atom stereocenters. The van der Waals surface area contributed by atoms with Gasteiger partial charge in [-0.1, -0.05) is 55.8 Å². The van der Waals surface area contributed by atoms with Gasteiger partial charge in [0, 0.05) is 16.1 Å². The minimum absolute atomic E-state index is 0.136. The maximum absolute atomic E-state index is 12.8. The van der Waals surface area contributed by atoms with E-state index in [9.17, 15) is 4.79 Å². The van der Waals surface area contributed by atoms with Crippen LogP contribution in [0.4, 0.5) is 5.69 Å². The largest absolute Gasteiger partial charge is 0.325 e. The molecule has 2 atom stereocenters. The summed E-state index contributed by atoms with van der Waals surface area (Å²) < 4.78 is 0. The third-order valence-corrected chi connectivity index (χ3v) is 5.80. The minimum Gasteiger partial charge on any atom is -0.325 e. The second-order valence-corrected chi connectivity index (χ2v) is 7.15. The van der Waals surface area contributed by atoms with E-state index in [0.29, 0.717) is 5.92 Å². The molecule has 0 aromatic heterocycles. The molecular weight excluding hydrogens is 294 g/mol. The van der Waals surface area contributed by atoms with Crippen molar-refractivity contribution in [1.82, 2.24) is 0 Å². The first-order chi connectivity index (χ1) is 10.5. The first kappa shape index (κ1) is 13.8. The Balaban J connectivity index is 1.91. The van der Waals surface area contributed by atoms with Crippen LogP contribution in [-0.2, 0) is 15.6 Å². The molecule has 1 heterocycles. The molecule has 2 nitrogen and oxygen atoms in total. The summed E-state index contributed by atoms with van der Waals surface area (Å²) in [5.74, 6) is 0.503. The van der Waals surface area contributed by atoms with Gasteiger partial charge in [-0.15, -0.1) is 0 Å². The standard InChI is InChI=1S/C19H18ClNO/c1-12(2)18(13-7-9-14(20)10-8-13)11-19(18)15-5-3-4-6-16(15)21-17(19)22/h3-10,12H,11H2,1-2H3,(H,21,22)/t18-,19-/m1/s1. The summed E-state index contributed by atoms with van der Waals surface area (Å²) in [6, 6.07) is 16.1. The highest BCUT2D eigenvalue weighted by Gasteiger charge is 2.76. The van der Waals surface area contributed by atoms with Crippen molar-refractivity contribution in [2.24, 2.45) is 5.92 Å². The molecule has 1 aliphatic heterocycles. The van der Waals surface area contributed by atoms with Crippen molar-refractivity contribution in [3.05, 3.63) is 64.7 Å². The minimum atomic E-state index is -0.425. The van der Waals surface area contributed by atoms with Crippen molar-refractivity contribution >= 4 is 23.2 Å². The number of benzene rings is 2. The Hall–Kier alpha value is -1.80. The molecule has 22 heavy (non-hydrogen) atoms. The molecule has 2 aliphatic rings. The zero-order chi connectivity index (χ0) is 15.5. The summed E-state index contributed by atoms with van der Waals surface area (Å²) in [4.78, 5) is 12.8. The number of carbonyl (C=O) groups excluding carboxylic acids is 1. The van der Waals surface area contributed by atoms with Crippen LogP contribution in [0.3, 0.4) is 0 Å². The predicted octanol–water partition coefficient (Wildman–Crippen LogP) is 4.53. The summed E-state index contributed by atoms with van der Waals surface area (Å²) in [5.41, 5.74) is 2.74. The molecule has 0 saturated heterocycles. The Bertz CT molecular complexity index is 767. The SMILES string of the molecule is CC(C)[C@@]1(c2ccc(Cl)cc2)C[C@@]12C(=O)Nc1ccccc12. The fourth-order valence-electron chi connectivity index (χ4n) is 4.43. The molecule has 1 saturated carbocycles. The molecule has 1 fully saturated rings. The summed E-state index contributed by atoms with van der Waals surface area (Å²) in [5, 5.41) is 3.81. The van der Waals surface area contributed by atoms with Gasteiger partial charge in [0.1, 0.15) is 0 Å². The van der Waals surface area contributed by atoms with Gasteiger partial charge >= 0.3 is 0 Å². The zero-order valence-corrected chi connectivity index (χ0v) is 13.4. The third-order valence-electron chi connectivity index (χ3n) is 5.55. The van der Waals surface area contributed by atoms with Crippen molar-refractivity contribution in [1.29, 1.82) is 0 Å². The van der Waals surface area contributed by atoms with Gasteiger partial charge in [-0.25, -0.2) is 0 Å². The molecule has 1 aliphatic carbocycles. The molecule has 4 rings (SSSR count). The van der Waals surface area contributed by atoms with E-state index < -0.39 is 5.41 Å². The van der Waals surface area contributed by atoms with Crippen molar-refractivity contribution < 1.29 is 4.79 Å². The lowest BCUT2D eigenvalue weighted by Gasteiger charge is -2.26. The smallest absolute Gasteiger partial charge is 0.236 e. The molecule has 2 aromatic carbocycles. The monoisotopic (exact) mass is 311 g/mol. The molecule has 1 N–H and O–H groups in total. The second-order valence-electron chi connectivity index (χ2n) is 6.71. The van der Waals surface area contributed by atoms with Gasteiger partial charge in [0.15, 0.2) is 0 Å². The van der Waals surface area contributed by atoms with Gasteiger partial charge in [-0.2, -0.15) is 0 Å². The molecular formula is C19H18ClNO. The second kappa shape index (κ2) is 4.36. The van der Waals surface area contributed by atoms with Crippen LogP contribution in [0.2, 0.25) is 5.02 Å². The average Bonchev–Trinajstić information content (AvgIpc) is 3.13. The first-order valence-corrected chi connectivity index (χ1v) is 8.07. The molecule has 0 bridgehead atoms. The Kier molecular flexibility index (Phi) is 2.74. The van der Waals surface area contributed by atoms with Gasteiger partial charge in [-0.05, 0) is 41.7 Å². The summed E-state index contributed by atoms with van der Waals surface area (Å²) >= 11 is 6.04. The van der Waals surface area contributed by atoms with E-state index in [-0.39, 0.29) is 11.3 Å². The number of carbonyl (C=O) groups is 1. The van der Waals surface area contributed by atoms with E-state index in [0.717, 1.165) is 22.7 Å². The Morgan fingerprint density at radius 2 is 1.77 bits per heavy atom. The van der Waals surface area contributed by atoms with Crippen molar-refractivity contribution in [2.75, 3.05) is 5.32 Å². The molecule has 1 amide bonds. The lowest BCUT2D eigenvalue weighted by molar-refractivity contribution is -0.118. The Labute approximate surface area is 135 Å². The van der Waals surface area contributed by atoms with Crippen LogP contribution in [0.5, 0.6) is 0 Å². The number of hydrogen-bond donors (Lipinski definition) is 1. The van der Waals surface area contributed by atoms with E-state index >= 15 is 0 Å². The van der Waals surface area contributed by atoms with Crippen LogP contribution < -0.4 is 5.32 Å². The van der Waals surface area contributed by atoms with Crippen LogP contribution in [0, 0.1) is 5.92 Å². The molecule has 1 spiro atoms. The quantitative estimate of drug-likeness (QED) is 0.867. The van der Waals surface area contributed by atoms with E-state index in [1.54, 1.807) is 0 Å². The van der Waals surface area contributed by atoms with Crippen LogP contribution >= 0.6 is 11.6 Å². The number of rotatable bonds is 2. The lowest BCUT2D eigenvalue weighted by Crippen LogP contribution is -2.33. The normalized spacial score (nSPS) is 28.8. The number of para-hydroxylation sites is 1. The van der Waals surface area contributed by atoms with Crippen LogP contribution in [0.25, 0.3) is 0 Å². The Morgan fingerprint density at radius 1 is 1.09 bits per heavy atom. The van der Waals surface area contributed by atoms with Crippen LogP contribution in [-0.4, -0.2) is 5.91 Å². The van der Waals surface area contributed by atoms with E-state index in [4.69, 9.17) is 11.6 Å². The lowest BCUT2D eigenvalue weighted by atomic mass is 9.75. The van der Waals surface area contributed by atoms with Crippen molar-refractivity contribution in [3.8, 4) is 0 Å². The number of hydrogen-bond acceptors (Lipinski definition) is 1. The highest BCUT2D eigenvalue weighted by Crippen LogP contribution is 2.72. The number of amides is 1. The fourth-order valence-corrected chi connectivity index (χ4v) is 4.56. The highest BCUT2D eigenvalue weighted by atomic mass is 35.5. The van der Waals surface area contributed by atoms with E-state index in [1.807, 2.05) is 30.3 Å². The predicted molar refractivity (Wildman–Crippen MR) is 89.3 cm³/mol. The maximum atomic E-state index is 12.8. The summed E-state index contributed by atoms with van der Waals surface area (Å²) in [7, 11) is 0. The third kappa shape index (κ3) is 1.49. The molecule has 3 heteroatoms. The molecule has 0 radical (unpaired) electrons. The molecule has 112 valence electrons. The topological polar surface area (TPSA) is 29.1 Å². The number of anilines is 1. The molecule has 2 aromatic rings. The summed E-state index contributed by atoms with van der Waals surface area (Å²) in [6.45, 7) is 4.41. The Morgan fingerprint density at radius 3 is 2.45 bits per heavy atom. The van der Waals surface area contributed by atoms with Gasteiger partial charge in [0.05, 0.1) is 5.41 Å². The zero-order valence-electron chi connectivity index (χ0n) is 12.7. The van der Waals surface area contributed by atoms with Crippen molar-refractivity contribution in [2.45, 2.75) is 31.1 Å². The number of nitrogens with one attached hydrogen (secondary N) is 1. The first-order valence-electron chi connectivity index (χ1n) is 7.69. The van der Waals surface area contributed by atoms with Crippen LogP contribution in [0.15, 0.2) is 48.5 Å². The van der Waals surface area contributed by atoms with Crippen LogP contribution in [0.1, 0.15) is 31.4 Å². The van der Waals surface area contributed by atoms with E-state index in [2.05, 4.69) is 37.4 Å². The number of halogens is 1. The van der Waals surface area contributed by atoms with Gasteiger partial charge < -0.3 is 5.32 Å². The van der Waals surface area contributed by atoms with E-state index in [1.165, 1.54) is 5.56 Å². The fraction of sp³-hybridized carbons (Fsp3) is 0.316. The highest BCUT2D eigenvalue weighted by molar-refractivity contribution is 6.30. The average molecular weight is 312 g/mol. The van der Waals surface area contributed by atoms with Gasteiger partial charge in [0.25, 0.3) is 0 Å². The van der Waals surface area contributed by atoms with Gasteiger partial charge in [0.2, 0.25) is 5.91 Å². The number of fused-ring (bicyclic) bond motifs is 2. The van der Waals surface area contributed by atoms with Crippen molar-refractivity contribution in [3.63, 3.8) is 0 Å².